The number of hydrogen-bond donors (Lipinski definition) is 1. The van der Waals surface area contributed by atoms with Crippen LogP contribution in [0.2, 0.25) is 0 Å². The second kappa shape index (κ2) is 13.2. The third-order valence-electron chi connectivity index (χ3n) is 10.3. The summed E-state index contributed by atoms with van der Waals surface area (Å²) >= 11 is 0. The van der Waals surface area contributed by atoms with Crippen LogP contribution in [0.25, 0.3) is 22.4 Å². The van der Waals surface area contributed by atoms with Crippen LogP contribution in [0.3, 0.4) is 0 Å². The highest BCUT2D eigenvalue weighted by Gasteiger charge is 2.57. The van der Waals surface area contributed by atoms with Gasteiger partial charge in [-0.3, -0.25) is 14.5 Å². The zero-order valence-electron chi connectivity index (χ0n) is 27.1. The van der Waals surface area contributed by atoms with Crippen LogP contribution in [-0.4, -0.2) is 36.2 Å². The number of nitrogens with zero attached hydrogens (tertiary/aromatic N) is 1. The molecule has 2 saturated heterocycles. The van der Waals surface area contributed by atoms with E-state index in [1.807, 2.05) is 109 Å². The minimum atomic E-state index is -0.458. The number of anilines is 1. The molecular weight excluding hydrogens is 610 g/mol. The summed E-state index contributed by atoms with van der Waals surface area (Å²) < 4.78 is 12.9. The van der Waals surface area contributed by atoms with Crippen molar-refractivity contribution in [3.05, 3.63) is 150 Å². The van der Waals surface area contributed by atoms with Gasteiger partial charge < -0.3 is 14.6 Å². The number of fused-ring (bicyclic) bond motifs is 4. The minimum Gasteiger partial charge on any atom is -0.507 e. The van der Waals surface area contributed by atoms with E-state index in [-0.39, 0.29) is 29.6 Å². The largest absolute Gasteiger partial charge is 0.507 e. The Balaban J connectivity index is 1.13. The van der Waals surface area contributed by atoms with Crippen molar-refractivity contribution in [3.8, 4) is 11.5 Å². The van der Waals surface area contributed by atoms with Gasteiger partial charge in [0.15, 0.2) is 0 Å². The summed E-state index contributed by atoms with van der Waals surface area (Å²) in [4.78, 5) is 29.3. The Hall–Kier alpha value is -5.46. The zero-order chi connectivity index (χ0) is 33.3. The fourth-order valence-corrected chi connectivity index (χ4v) is 7.98. The second-order valence-corrected chi connectivity index (χ2v) is 13.1. The molecule has 0 aromatic heterocycles. The number of phenols is 1. The van der Waals surface area contributed by atoms with E-state index in [0.717, 1.165) is 50.8 Å². The number of carbonyl (C=O) groups is 2. The molecule has 2 amide bonds. The van der Waals surface area contributed by atoms with Gasteiger partial charge in [-0.1, -0.05) is 103 Å². The van der Waals surface area contributed by atoms with Crippen molar-refractivity contribution in [2.75, 3.05) is 18.1 Å². The smallest absolute Gasteiger partial charge is 0.238 e. The van der Waals surface area contributed by atoms with E-state index in [1.165, 1.54) is 4.90 Å². The van der Waals surface area contributed by atoms with Crippen molar-refractivity contribution in [2.45, 2.75) is 25.4 Å². The fourth-order valence-electron chi connectivity index (χ4n) is 7.98. The molecule has 6 nitrogen and oxygen atoms in total. The van der Waals surface area contributed by atoms with E-state index in [4.69, 9.17) is 9.47 Å². The Kier molecular flexibility index (Phi) is 8.32. The van der Waals surface area contributed by atoms with Crippen LogP contribution in [0.1, 0.15) is 30.4 Å². The van der Waals surface area contributed by atoms with Crippen molar-refractivity contribution in [1.29, 1.82) is 0 Å². The van der Waals surface area contributed by atoms with E-state index < -0.39 is 11.8 Å². The molecule has 49 heavy (non-hydrogen) atoms. The number of hydrogen-bond acceptors (Lipinski definition) is 5. The lowest BCUT2D eigenvalue weighted by Gasteiger charge is -2.31. The SMILES string of the molecule is O=C1[C@@H]2[C@@H](CC(COc3ccccc3)=C3[C@@H](CC/C(=C/c4ccc(O)c5ccccc45)c4ccccc4)OC[C@@H]32)C(=O)N1c1ccccc1. The monoisotopic (exact) mass is 647 g/mol. The molecule has 0 radical (unpaired) electrons. The van der Waals surface area contributed by atoms with Gasteiger partial charge in [0.2, 0.25) is 11.8 Å². The predicted octanol–water partition coefficient (Wildman–Crippen LogP) is 8.47. The molecule has 5 aromatic rings. The van der Waals surface area contributed by atoms with Crippen LogP contribution < -0.4 is 9.64 Å². The lowest BCUT2D eigenvalue weighted by atomic mass is 9.69. The summed E-state index contributed by atoms with van der Waals surface area (Å²) in [6, 6.07) is 40.9. The normalized spacial score (nSPS) is 22.0. The number of carbonyl (C=O) groups excluding carboxylic acids is 2. The quantitative estimate of drug-likeness (QED) is 0.0987. The number of ether oxygens (including phenoxy) is 2. The van der Waals surface area contributed by atoms with Crippen molar-refractivity contribution < 1.29 is 24.2 Å². The van der Waals surface area contributed by atoms with Crippen molar-refractivity contribution in [3.63, 3.8) is 0 Å². The number of rotatable bonds is 9. The van der Waals surface area contributed by atoms with Crippen LogP contribution in [0.5, 0.6) is 11.5 Å². The first-order valence-corrected chi connectivity index (χ1v) is 17.0. The number of phenolic OH excluding ortho intramolecular Hbond substituents is 1. The maximum atomic E-state index is 14.0. The molecule has 244 valence electrons. The van der Waals surface area contributed by atoms with E-state index in [9.17, 15) is 14.7 Å². The van der Waals surface area contributed by atoms with Gasteiger partial charge in [0.1, 0.15) is 18.1 Å². The van der Waals surface area contributed by atoms with E-state index >= 15 is 0 Å². The summed E-state index contributed by atoms with van der Waals surface area (Å²) in [6.45, 7) is 0.733. The maximum absolute atomic E-state index is 14.0. The number of benzene rings is 5. The fraction of sp³-hybridized carbons (Fsp3) is 0.209. The van der Waals surface area contributed by atoms with E-state index in [1.54, 1.807) is 6.07 Å². The highest BCUT2D eigenvalue weighted by Crippen LogP contribution is 2.51. The van der Waals surface area contributed by atoms with Crippen molar-refractivity contribution in [2.24, 2.45) is 17.8 Å². The molecule has 5 aromatic carbocycles. The molecule has 6 heteroatoms. The molecule has 3 aliphatic rings. The van der Waals surface area contributed by atoms with E-state index in [2.05, 4.69) is 18.2 Å². The Morgan fingerprint density at radius 1 is 0.776 bits per heavy atom. The standard InChI is InChI=1S/C43H37NO5/c45-38-22-20-30(34-18-10-11-19-35(34)38)24-29(28-12-4-1-5-13-28)21-23-39-40-31(26-48-33-16-8-3-9-17-33)25-36-41(37(40)27-49-39)43(47)44(42(36)46)32-14-6-2-7-15-32/h1-20,22,24,36-37,39,41,45H,21,23,25-27H2/b29-24-/t36-,37+,39-,41-/m1/s1. The molecule has 0 unspecified atom stereocenters. The molecule has 2 aliphatic heterocycles. The molecule has 2 heterocycles. The highest BCUT2D eigenvalue weighted by molar-refractivity contribution is 6.22. The van der Waals surface area contributed by atoms with E-state index in [0.29, 0.717) is 31.7 Å². The Bertz CT molecular complexity index is 2070. The minimum absolute atomic E-state index is 0.139. The average molecular weight is 648 g/mol. The number of amides is 2. The van der Waals surface area contributed by atoms with Crippen LogP contribution in [0.4, 0.5) is 5.69 Å². The van der Waals surface area contributed by atoms with Gasteiger partial charge in [-0.15, -0.1) is 0 Å². The summed E-state index contributed by atoms with van der Waals surface area (Å²) in [5.41, 5.74) is 6.10. The molecule has 8 rings (SSSR count). The van der Waals surface area contributed by atoms with Gasteiger partial charge in [0, 0.05) is 11.3 Å². The topological polar surface area (TPSA) is 76.1 Å². The molecule has 2 fully saturated rings. The van der Waals surface area contributed by atoms with Crippen molar-refractivity contribution >= 4 is 39.9 Å². The molecular formula is C43H37NO5. The van der Waals surface area contributed by atoms with Crippen LogP contribution in [-0.2, 0) is 14.3 Å². The molecule has 1 N–H and O–H groups in total. The second-order valence-electron chi connectivity index (χ2n) is 13.1. The Morgan fingerprint density at radius 3 is 2.20 bits per heavy atom. The van der Waals surface area contributed by atoms with Crippen LogP contribution >= 0.6 is 0 Å². The lowest BCUT2D eigenvalue weighted by molar-refractivity contribution is -0.122. The zero-order valence-corrected chi connectivity index (χ0v) is 27.1. The van der Waals surface area contributed by atoms with Gasteiger partial charge >= 0.3 is 0 Å². The first kappa shape index (κ1) is 30.8. The van der Waals surface area contributed by atoms with Gasteiger partial charge in [-0.25, -0.2) is 0 Å². The first-order chi connectivity index (χ1) is 24.1. The van der Waals surface area contributed by atoms with Crippen molar-refractivity contribution in [1.82, 2.24) is 0 Å². The molecule has 0 saturated carbocycles. The number of imide groups is 1. The third kappa shape index (κ3) is 5.83. The summed E-state index contributed by atoms with van der Waals surface area (Å²) in [5, 5.41) is 12.3. The molecule has 0 bridgehead atoms. The molecule has 4 atom stereocenters. The van der Waals surface area contributed by atoms with Gasteiger partial charge in [-0.2, -0.15) is 0 Å². The molecule has 1 aliphatic carbocycles. The van der Waals surface area contributed by atoms with Gasteiger partial charge in [0.05, 0.1) is 30.2 Å². The maximum Gasteiger partial charge on any atom is 0.238 e. The van der Waals surface area contributed by atoms with Gasteiger partial charge in [-0.05, 0) is 82.8 Å². The van der Waals surface area contributed by atoms with Gasteiger partial charge in [0.25, 0.3) is 0 Å². The number of para-hydroxylation sites is 2. The summed E-state index contributed by atoms with van der Waals surface area (Å²) in [7, 11) is 0. The number of aromatic hydroxyl groups is 1. The first-order valence-electron chi connectivity index (χ1n) is 17.0. The molecule has 0 spiro atoms. The van der Waals surface area contributed by atoms with Crippen LogP contribution in [0.15, 0.2) is 139 Å². The van der Waals surface area contributed by atoms with Crippen LogP contribution in [0, 0.1) is 17.8 Å². The highest BCUT2D eigenvalue weighted by atomic mass is 16.5. The average Bonchev–Trinajstić information content (AvgIpc) is 3.68. The predicted molar refractivity (Wildman–Crippen MR) is 192 cm³/mol. The number of allylic oxidation sites excluding steroid dienone is 1. The lowest BCUT2D eigenvalue weighted by Crippen LogP contribution is -2.35. The summed E-state index contributed by atoms with van der Waals surface area (Å²) in [5.74, 6) is -0.343. The Morgan fingerprint density at radius 2 is 1.45 bits per heavy atom. The Labute approximate surface area is 285 Å². The third-order valence-corrected chi connectivity index (χ3v) is 10.3. The summed E-state index contributed by atoms with van der Waals surface area (Å²) in [6.07, 6.45) is 3.91.